The Morgan fingerprint density at radius 3 is 2.60 bits per heavy atom. The molecule has 1 aromatic carbocycles. The molecule has 2 aromatic heterocycles. The summed E-state index contributed by atoms with van der Waals surface area (Å²) in [5, 5.41) is 7.46. The fourth-order valence-corrected chi connectivity index (χ4v) is 2.80. The van der Waals surface area contributed by atoms with E-state index >= 15 is 0 Å². The molecule has 0 spiro atoms. The van der Waals surface area contributed by atoms with Gasteiger partial charge < -0.3 is 5.32 Å². The predicted octanol–water partition coefficient (Wildman–Crippen LogP) is 1.73. The number of aryl methyl sites for hydroxylation is 2. The summed E-state index contributed by atoms with van der Waals surface area (Å²) in [7, 11) is 0. The third-order valence-electron chi connectivity index (χ3n) is 3.89. The molecule has 0 fully saturated rings. The first-order chi connectivity index (χ1) is 12.0. The van der Waals surface area contributed by atoms with Crippen LogP contribution in [0.4, 0.5) is 0 Å². The maximum Gasteiger partial charge on any atom is 0.264 e. The number of rotatable bonds is 5. The first-order valence-corrected chi connectivity index (χ1v) is 8.28. The quantitative estimate of drug-likeness (QED) is 0.767. The highest BCUT2D eigenvalue weighted by molar-refractivity contribution is 5.77. The van der Waals surface area contributed by atoms with E-state index in [1.807, 2.05) is 32.9 Å². The number of carbonyl (C=O) groups excluding carboxylic acids is 1. The van der Waals surface area contributed by atoms with Gasteiger partial charge in [0.1, 0.15) is 18.3 Å². The number of aromatic nitrogens is 4. The molecule has 0 aliphatic heterocycles. The summed E-state index contributed by atoms with van der Waals surface area (Å²) in [5.41, 5.74) is 3.30. The van der Waals surface area contributed by atoms with E-state index < -0.39 is 0 Å². The molecule has 0 unspecified atom stereocenters. The van der Waals surface area contributed by atoms with Crippen LogP contribution in [-0.4, -0.2) is 31.8 Å². The zero-order valence-corrected chi connectivity index (χ0v) is 14.6. The molecule has 2 heterocycles. The van der Waals surface area contributed by atoms with Crippen molar-refractivity contribution in [1.82, 2.24) is 24.6 Å². The average molecular weight is 339 g/mol. The van der Waals surface area contributed by atoms with E-state index in [1.165, 1.54) is 17.1 Å². The molecule has 3 aromatic rings. The number of fused-ring (bicyclic) bond motifs is 1. The zero-order chi connectivity index (χ0) is 18.0. The molecule has 7 heteroatoms. The number of amides is 1. The molecule has 0 bridgehead atoms. The van der Waals surface area contributed by atoms with Crippen molar-refractivity contribution in [2.75, 3.05) is 6.54 Å². The van der Waals surface area contributed by atoms with E-state index in [0.717, 1.165) is 23.2 Å². The van der Waals surface area contributed by atoms with Gasteiger partial charge in [-0.25, -0.2) is 9.67 Å². The molecule has 3 rings (SSSR count). The fourth-order valence-electron chi connectivity index (χ4n) is 2.80. The van der Waals surface area contributed by atoms with Crippen molar-refractivity contribution in [2.45, 2.75) is 33.7 Å². The molecule has 1 N–H and O–H groups in total. The molecule has 0 atom stereocenters. The van der Waals surface area contributed by atoms with E-state index in [-0.39, 0.29) is 18.0 Å². The smallest absolute Gasteiger partial charge is 0.264 e. The molecule has 7 nitrogen and oxygen atoms in total. The zero-order valence-electron chi connectivity index (χ0n) is 14.6. The van der Waals surface area contributed by atoms with Crippen molar-refractivity contribution >= 4 is 16.9 Å². The SMILES string of the molecule is CCCNC(=O)Cn1cnc2c(cnn2-c2cc(C)cc(C)c2)c1=O. The van der Waals surface area contributed by atoms with Gasteiger partial charge in [0.25, 0.3) is 5.56 Å². The predicted molar refractivity (Wildman–Crippen MR) is 95.9 cm³/mol. The van der Waals surface area contributed by atoms with Crippen LogP contribution in [0.3, 0.4) is 0 Å². The van der Waals surface area contributed by atoms with Crippen LogP contribution < -0.4 is 10.9 Å². The Kier molecular flexibility index (Phi) is 4.65. The van der Waals surface area contributed by atoms with Crippen molar-refractivity contribution in [1.29, 1.82) is 0 Å². The lowest BCUT2D eigenvalue weighted by Gasteiger charge is -2.08. The lowest BCUT2D eigenvalue weighted by Crippen LogP contribution is -2.32. The monoisotopic (exact) mass is 339 g/mol. The van der Waals surface area contributed by atoms with Gasteiger partial charge in [-0.05, 0) is 43.5 Å². The molecule has 0 saturated heterocycles. The van der Waals surface area contributed by atoms with Gasteiger partial charge in [0.15, 0.2) is 5.65 Å². The molecule has 1 amide bonds. The minimum Gasteiger partial charge on any atom is -0.355 e. The molecule has 25 heavy (non-hydrogen) atoms. The summed E-state index contributed by atoms with van der Waals surface area (Å²) in [5.74, 6) is -0.202. The van der Waals surface area contributed by atoms with Gasteiger partial charge in [-0.15, -0.1) is 0 Å². The van der Waals surface area contributed by atoms with Crippen LogP contribution in [0.2, 0.25) is 0 Å². The van der Waals surface area contributed by atoms with Crippen LogP contribution >= 0.6 is 0 Å². The maximum absolute atomic E-state index is 12.6. The Hall–Kier alpha value is -2.96. The van der Waals surface area contributed by atoms with E-state index in [9.17, 15) is 9.59 Å². The number of hydrogen-bond acceptors (Lipinski definition) is 4. The fraction of sp³-hybridized carbons (Fsp3) is 0.333. The summed E-state index contributed by atoms with van der Waals surface area (Å²) in [4.78, 5) is 28.8. The second-order valence-electron chi connectivity index (χ2n) is 6.17. The molecular formula is C18H21N5O2. The third-order valence-corrected chi connectivity index (χ3v) is 3.89. The van der Waals surface area contributed by atoms with Gasteiger partial charge in [-0.1, -0.05) is 13.0 Å². The first kappa shape index (κ1) is 16.9. The molecule has 0 aliphatic carbocycles. The Morgan fingerprint density at radius 1 is 1.20 bits per heavy atom. The first-order valence-electron chi connectivity index (χ1n) is 8.28. The summed E-state index contributed by atoms with van der Waals surface area (Å²) in [6.45, 7) is 6.54. The topological polar surface area (TPSA) is 81.8 Å². The van der Waals surface area contributed by atoms with E-state index in [2.05, 4.69) is 21.5 Å². The summed E-state index contributed by atoms with van der Waals surface area (Å²) < 4.78 is 2.96. The molecule has 0 saturated carbocycles. The Balaban J connectivity index is 1.99. The standard InChI is InChI=1S/C18H21N5O2/c1-4-5-19-16(24)10-22-11-20-17-15(18(22)25)9-21-23(17)14-7-12(2)6-13(3)8-14/h6-9,11H,4-5,10H2,1-3H3,(H,19,24). The Bertz CT molecular complexity index is 967. The van der Waals surface area contributed by atoms with Crippen LogP contribution in [0.1, 0.15) is 24.5 Å². The maximum atomic E-state index is 12.6. The minimum atomic E-state index is -0.271. The normalized spacial score (nSPS) is 11.0. The van der Waals surface area contributed by atoms with Crippen LogP contribution in [0.5, 0.6) is 0 Å². The van der Waals surface area contributed by atoms with Gasteiger partial charge in [-0.2, -0.15) is 5.10 Å². The summed E-state index contributed by atoms with van der Waals surface area (Å²) in [6.07, 6.45) is 3.75. The van der Waals surface area contributed by atoms with Crippen LogP contribution in [0, 0.1) is 13.8 Å². The number of carbonyl (C=O) groups is 1. The van der Waals surface area contributed by atoms with E-state index in [4.69, 9.17) is 0 Å². The number of benzene rings is 1. The number of hydrogen-bond donors (Lipinski definition) is 1. The van der Waals surface area contributed by atoms with Crippen molar-refractivity contribution in [3.8, 4) is 5.69 Å². The second kappa shape index (κ2) is 6.88. The van der Waals surface area contributed by atoms with Crippen LogP contribution in [0.25, 0.3) is 16.7 Å². The van der Waals surface area contributed by atoms with Crippen molar-refractivity contribution < 1.29 is 4.79 Å². The van der Waals surface area contributed by atoms with Gasteiger partial charge in [-0.3, -0.25) is 14.2 Å². The highest BCUT2D eigenvalue weighted by Gasteiger charge is 2.13. The van der Waals surface area contributed by atoms with E-state index in [0.29, 0.717) is 17.6 Å². The van der Waals surface area contributed by atoms with Crippen molar-refractivity contribution in [3.05, 3.63) is 52.2 Å². The van der Waals surface area contributed by atoms with Crippen LogP contribution in [-0.2, 0) is 11.3 Å². The molecule has 0 radical (unpaired) electrons. The summed E-state index contributed by atoms with van der Waals surface area (Å²) >= 11 is 0. The minimum absolute atomic E-state index is 0.0451. The Labute approximate surface area is 145 Å². The van der Waals surface area contributed by atoms with Crippen molar-refractivity contribution in [3.63, 3.8) is 0 Å². The second-order valence-corrected chi connectivity index (χ2v) is 6.17. The van der Waals surface area contributed by atoms with Crippen LogP contribution in [0.15, 0.2) is 35.5 Å². The van der Waals surface area contributed by atoms with Gasteiger partial charge in [0.2, 0.25) is 5.91 Å². The number of nitrogens with zero attached hydrogens (tertiary/aromatic N) is 4. The molecule has 130 valence electrons. The van der Waals surface area contributed by atoms with Gasteiger partial charge in [0, 0.05) is 6.54 Å². The summed E-state index contributed by atoms with van der Waals surface area (Å²) in [6, 6.07) is 6.06. The number of nitrogens with one attached hydrogen (secondary N) is 1. The lowest BCUT2D eigenvalue weighted by atomic mass is 10.1. The van der Waals surface area contributed by atoms with Crippen molar-refractivity contribution in [2.24, 2.45) is 0 Å². The average Bonchev–Trinajstić information content (AvgIpc) is 2.99. The highest BCUT2D eigenvalue weighted by Crippen LogP contribution is 2.16. The van der Waals surface area contributed by atoms with Gasteiger partial charge in [0.05, 0.1) is 11.9 Å². The third kappa shape index (κ3) is 3.45. The van der Waals surface area contributed by atoms with Gasteiger partial charge >= 0.3 is 0 Å². The molecular weight excluding hydrogens is 318 g/mol. The molecule has 0 aliphatic rings. The lowest BCUT2D eigenvalue weighted by molar-refractivity contribution is -0.121. The largest absolute Gasteiger partial charge is 0.355 e. The Morgan fingerprint density at radius 2 is 1.92 bits per heavy atom. The van der Waals surface area contributed by atoms with E-state index in [1.54, 1.807) is 4.68 Å². The highest BCUT2D eigenvalue weighted by atomic mass is 16.2.